The molecule has 3 amide bonds. The molecule has 0 saturated carbocycles. The lowest BCUT2D eigenvalue weighted by Crippen LogP contribution is -2.45. The maximum absolute atomic E-state index is 13.3. The van der Waals surface area contributed by atoms with E-state index in [2.05, 4.69) is 5.32 Å². The van der Waals surface area contributed by atoms with Crippen LogP contribution in [0.2, 0.25) is 5.02 Å². The summed E-state index contributed by atoms with van der Waals surface area (Å²) in [4.78, 5) is 33.0. The highest BCUT2D eigenvalue weighted by Gasteiger charge is 2.22. The van der Waals surface area contributed by atoms with Gasteiger partial charge in [-0.25, -0.2) is 14.0 Å². The number of rotatable bonds is 5. The highest BCUT2D eigenvalue weighted by Crippen LogP contribution is 2.19. The number of benzene rings is 1. The number of aliphatic carboxylic acids is 1. The molecule has 0 aliphatic carbocycles. The lowest BCUT2D eigenvalue weighted by Gasteiger charge is -2.14. The molecule has 0 aliphatic rings. The highest BCUT2D eigenvalue weighted by molar-refractivity contribution is 6.30. The Labute approximate surface area is 117 Å². The normalized spacial score (nSPS) is 11.5. The van der Waals surface area contributed by atoms with E-state index in [9.17, 15) is 18.8 Å². The van der Waals surface area contributed by atoms with Gasteiger partial charge in [-0.05, 0) is 18.2 Å². The van der Waals surface area contributed by atoms with E-state index in [1.165, 1.54) is 6.07 Å². The quantitative estimate of drug-likeness (QED) is 0.646. The number of carbonyl (C=O) groups excluding carboxylic acids is 2. The molecule has 0 heterocycles. The van der Waals surface area contributed by atoms with E-state index in [4.69, 9.17) is 22.4 Å². The smallest absolute Gasteiger partial charge is 0.326 e. The molecule has 0 fully saturated rings. The molecule has 1 aromatic rings. The Hall–Kier alpha value is -2.35. The Morgan fingerprint density at radius 1 is 1.40 bits per heavy atom. The summed E-state index contributed by atoms with van der Waals surface area (Å²) in [6.07, 6.45) is -0.583. The molecule has 1 unspecified atom stereocenters. The number of nitrogens with one attached hydrogen (secondary N) is 2. The van der Waals surface area contributed by atoms with E-state index in [0.717, 1.165) is 12.1 Å². The van der Waals surface area contributed by atoms with Gasteiger partial charge in [0.15, 0.2) is 0 Å². The van der Waals surface area contributed by atoms with Crippen molar-refractivity contribution >= 4 is 35.2 Å². The van der Waals surface area contributed by atoms with Crippen LogP contribution in [0.15, 0.2) is 18.2 Å². The second-order valence-corrected chi connectivity index (χ2v) is 4.22. The predicted molar refractivity (Wildman–Crippen MR) is 68.8 cm³/mol. The fourth-order valence-corrected chi connectivity index (χ4v) is 1.48. The van der Waals surface area contributed by atoms with Crippen molar-refractivity contribution in [2.24, 2.45) is 5.73 Å². The summed E-state index contributed by atoms with van der Waals surface area (Å²) in [6.45, 7) is 0. The SMILES string of the molecule is NC(=O)CC(NC(=O)Nc1cc(Cl)ccc1F)C(=O)O. The van der Waals surface area contributed by atoms with Crippen LogP contribution in [0.1, 0.15) is 6.42 Å². The van der Waals surface area contributed by atoms with E-state index in [0.29, 0.717) is 0 Å². The first-order valence-corrected chi connectivity index (χ1v) is 5.71. The lowest BCUT2D eigenvalue weighted by atomic mass is 10.2. The van der Waals surface area contributed by atoms with Crippen LogP contribution in [0, 0.1) is 5.82 Å². The Kier molecular flexibility index (Phi) is 5.27. The number of carboxylic acid groups (broad SMARTS) is 1. The molecule has 0 bridgehead atoms. The van der Waals surface area contributed by atoms with Crippen molar-refractivity contribution in [1.82, 2.24) is 5.32 Å². The average Bonchev–Trinajstić information content (AvgIpc) is 2.32. The fourth-order valence-electron chi connectivity index (χ4n) is 1.31. The van der Waals surface area contributed by atoms with Gasteiger partial charge in [0.1, 0.15) is 11.9 Å². The molecule has 5 N–H and O–H groups in total. The molecule has 108 valence electrons. The molecular weight excluding hydrogens is 293 g/mol. The zero-order valence-corrected chi connectivity index (χ0v) is 10.8. The van der Waals surface area contributed by atoms with E-state index >= 15 is 0 Å². The van der Waals surface area contributed by atoms with Crippen LogP contribution in [-0.4, -0.2) is 29.1 Å². The number of hydrogen-bond donors (Lipinski definition) is 4. The summed E-state index contributed by atoms with van der Waals surface area (Å²) < 4.78 is 13.3. The summed E-state index contributed by atoms with van der Waals surface area (Å²) in [6, 6.07) is 0.971. The van der Waals surface area contributed by atoms with Crippen molar-refractivity contribution in [3.05, 3.63) is 29.0 Å². The number of urea groups is 1. The van der Waals surface area contributed by atoms with Crippen LogP contribution < -0.4 is 16.4 Å². The van der Waals surface area contributed by atoms with Crippen molar-refractivity contribution in [2.45, 2.75) is 12.5 Å². The molecule has 0 saturated heterocycles. The first-order chi connectivity index (χ1) is 9.29. The van der Waals surface area contributed by atoms with Crippen LogP contribution in [0.3, 0.4) is 0 Å². The fraction of sp³-hybridized carbons (Fsp3) is 0.182. The van der Waals surface area contributed by atoms with Gasteiger partial charge in [0.25, 0.3) is 0 Å². The van der Waals surface area contributed by atoms with Gasteiger partial charge >= 0.3 is 12.0 Å². The average molecular weight is 304 g/mol. The first kappa shape index (κ1) is 15.7. The molecule has 0 aromatic heterocycles. The van der Waals surface area contributed by atoms with Crippen molar-refractivity contribution in [2.75, 3.05) is 5.32 Å². The summed E-state index contributed by atoms with van der Waals surface area (Å²) >= 11 is 5.63. The second-order valence-electron chi connectivity index (χ2n) is 3.78. The van der Waals surface area contributed by atoms with Crippen LogP contribution in [-0.2, 0) is 9.59 Å². The molecule has 1 rings (SSSR count). The van der Waals surface area contributed by atoms with Gasteiger partial charge in [-0.1, -0.05) is 11.6 Å². The van der Waals surface area contributed by atoms with Crippen molar-refractivity contribution in [1.29, 1.82) is 0 Å². The molecule has 0 spiro atoms. The summed E-state index contributed by atoms with van der Waals surface area (Å²) in [5, 5.41) is 13.0. The highest BCUT2D eigenvalue weighted by atomic mass is 35.5. The maximum atomic E-state index is 13.3. The van der Waals surface area contributed by atoms with E-state index in [-0.39, 0.29) is 10.7 Å². The number of primary amides is 1. The third-order valence-electron chi connectivity index (χ3n) is 2.19. The second kappa shape index (κ2) is 6.71. The standard InChI is InChI=1S/C11H11ClFN3O4/c12-5-1-2-6(13)7(3-5)15-11(20)16-8(10(18)19)4-9(14)17/h1-3,8H,4H2,(H2,14,17)(H,18,19)(H2,15,16,20). The minimum absolute atomic E-state index is 0.189. The van der Waals surface area contributed by atoms with E-state index in [1.807, 2.05) is 5.32 Å². The molecule has 20 heavy (non-hydrogen) atoms. The Bertz CT molecular complexity index is 552. The summed E-state index contributed by atoms with van der Waals surface area (Å²) in [7, 11) is 0. The largest absolute Gasteiger partial charge is 0.480 e. The van der Waals surface area contributed by atoms with Crippen LogP contribution in [0.4, 0.5) is 14.9 Å². The van der Waals surface area contributed by atoms with Crippen LogP contribution in [0.5, 0.6) is 0 Å². The number of carboxylic acids is 1. The van der Waals surface area contributed by atoms with Gasteiger partial charge in [0, 0.05) is 5.02 Å². The zero-order chi connectivity index (χ0) is 15.3. The van der Waals surface area contributed by atoms with Crippen molar-refractivity contribution < 1.29 is 23.9 Å². The molecule has 7 nitrogen and oxygen atoms in total. The number of amides is 3. The molecular formula is C11H11ClFN3O4. The third kappa shape index (κ3) is 4.73. The monoisotopic (exact) mass is 303 g/mol. The number of carbonyl (C=O) groups is 3. The Balaban J connectivity index is 2.72. The Morgan fingerprint density at radius 3 is 2.60 bits per heavy atom. The van der Waals surface area contributed by atoms with Gasteiger partial charge in [0.05, 0.1) is 12.1 Å². The molecule has 0 radical (unpaired) electrons. The molecule has 1 aromatic carbocycles. The molecule has 9 heteroatoms. The van der Waals surface area contributed by atoms with E-state index < -0.39 is 36.2 Å². The maximum Gasteiger partial charge on any atom is 0.326 e. The van der Waals surface area contributed by atoms with Gasteiger partial charge in [-0.15, -0.1) is 0 Å². The van der Waals surface area contributed by atoms with E-state index in [1.54, 1.807) is 0 Å². The number of hydrogen-bond acceptors (Lipinski definition) is 3. The van der Waals surface area contributed by atoms with Gasteiger partial charge < -0.3 is 21.5 Å². The summed E-state index contributed by atoms with van der Waals surface area (Å²) in [5.74, 6) is -3.08. The van der Waals surface area contributed by atoms with Crippen LogP contribution >= 0.6 is 11.6 Å². The van der Waals surface area contributed by atoms with Gasteiger partial charge in [0.2, 0.25) is 5.91 Å². The lowest BCUT2D eigenvalue weighted by molar-refractivity contribution is -0.140. The molecule has 0 aliphatic heterocycles. The predicted octanol–water partition coefficient (Wildman–Crippen LogP) is 0.929. The number of halogens is 2. The minimum Gasteiger partial charge on any atom is -0.480 e. The Morgan fingerprint density at radius 2 is 2.05 bits per heavy atom. The number of nitrogens with two attached hydrogens (primary N) is 1. The first-order valence-electron chi connectivity index (χ1n) is 5.33. The summed E-state index contributed by atoms with van der Waals surface area (Å²) in [5.41, 5.74) is 4.63. The van der Waals surface area contributed by atoms with Gasteiger partial charge in [-0.2, -0.15) is 0 Å². The number of anilines is 1. The van der Waals surface area contributed by atoms with Gasteiger partial charge in [-0.3, -0.25) is 4.79 Å². The third-order valence-corrected chi connectivity index (χ3v) is 2.42. The van der Waals surface area contributed by atoms with Crippen molar-refractivity contribution in [3.63, 3.8) is 0 Å². The minimum atomic E-state index is -1.50. The molecule has 1 atom stereocenters. The van der Waals surface area contributed by atoms with Crippen molar-refractivity contribution in [3.8, 4) is 0 Å². The zero-order valence-electron chi connectivity index (χ0n) is 10.0. The topological polar surface area (TPSA) is 122 Å². The van der Waals surface area contributed by atoms with Crippen LogP contribution in [0.25, 0.3) is 0 Å².